The average molecular weight is 359 g/mol. The zero-order chi connectivity index (χ0) is 17.8. The molecule has 0 saturated heterocycles. The Balaban J connectivity index is 0.000000238. The molecule has 0 unspecified atom stereocenters. The smallest absolute Gasteiger partial charge is 0.240 e. The van der Waals surface area contributed by atoms with Crippen LogP contribution in [0, 0.1) is 20.8 Å². The van der Waals surface area contributed by atoms with E-state index in [2.05, 4.69) is 0 Å². The number of nitrogen functional groups attached to an aromatic ring is 1. The lowest BCUT2D eigenvalue weighted by atomic mass is 10.1. The number of benzene rings is 1. The van der Waals surface area contributed by atoms with E-state index in [4.69, 9.17) is 22.2 Å². The minimum atomic E-state index is -4.33. The third-order valence-electron chi connectivity index (χ3n) is 2.92. The van der Waals surface area contributed by atoms with E-state index in [-0.39, 0.29) is 4.90 Å². The highest BCUT2D eigenvalue weighted by Crippen LogP contribution is 2.20. The molecule has 0 aliphatic heterocycles. The summed E-state index contributed by atoms with van der Waals surface area (Å²) in [6.07, 6.45) is 3.22. The fraction of sp³-hybridized carbons (Fsp3) is 0.267. The van der Waals surface area contributed by atoms with Crippen molar-refractivity contribution in [2.24, 2.45) is 0 Å². The van der Waals surface area contributed by atoms with Gasteiger partial charge in [0.05, 0.1) is 12.0 Å². The molecule has 8 heteroatoms. The SMILES string of the molecule is COc1cc(Cl)c[n+](N)c1.Cc1cc(C)c(S(=O)(=O)[O-])c(C)c1. The molecule has 1 aromatic heterocycles. The molecule has 1 aromatic carbocycles. The standard InChI is InChI=1S/C9H12O3S.C6H8ClN2O/c1-6-4-7(2)9(8(3)5-6)13(10,11)12;1-10-6-2-5(7)3-9(8)4-6/h4-5H,1-3H3,(H,10,11,12);2-4H,8H2,1H3/q;+1/p-1. The van der Waals surface area contributed by atoms with Crippen molar-refractivity contribution < 1.29 is 22.4 Å². The molecule has 0 saturated carbocycles. The molecule has 0 bridgehead atoms. The van der Waals surface area contributed by atoms with Crippen molar-refractivity contribution in [3.8, 4) is 5.75 Å². The van der Waals surface area contributed by atoms with Crippen LogP contribution in [0.25, 0.3) is 0 Å². The second-order valence-corrected chi connectivity index (χ2v) is 6.78. The van der Waals surface area contributed by atoms with Gasteiger partial charge in [0.25, 0.3) is 0 Å². The summed E-state index contributed by atoms with van der Waals surface area (Å²) in [4.78, 5) is -0.0851. The predicted molar refractivity (Wildman–Crippen MR) is 87.0 cm³/mol. The van der Waals surface area contributed by atoms with E-state index in [1.165, 1.54) is 4.68 Å². The maximum absolute atomic E-state index is 10.8. The van der Waals surface area contributed by atoms with Crippen molar-refractivity contribution in [1.82, 2.24) is 0 Å². The van der Waals surface area contributed by atoms with E-state index in [0.717, 1.165) is 5.56 Å². The van der Waals surface area contributed by atoms with Gasteiger partial charge in [0.2, 0.25) is 12.4 Å². The molecule has 0 amide bonds. The lowest BCUT2D eigenvalue weighted by Gasteiger charge is -2.14. The van der Waals surface area contributed by atoms with Crippen LogP contribution in [0.3, 0.4) is 0 Å². The molecule has 0 radical (unpaired) electrons. The highest BCUT2D eigenvalue weighted by Gasteiger charge is 2.09. The van der Waals surface area contributed by atoms with Crippen LogP contribution in [0.4, 0.5) is 0 Å². The van der Waals surface area contributed by atoms with Crippen LogP contribution in [0.2, 0.25) is 5.02 Å². The highest BCUT2D eigenvalue weighted by atomic mass is 35.5. The molecule has 0 atom stereocenters. The van der Waals surface area contributed by atoms with Gasteiger partial charge in [0.1, 0.15) is 15.1 Å². The first-order valence-electron chi connectivity index (χ1n) is 6.59. The number of hydrogen-bond acceptors (Lipinski definition) is 5. The number of methoxy groups -OCH3 is 1. The number of ether oxygens (including phenoxy) is 1. The number of hydrogen-bond donors (Lipinski definition) is 1. The number of aryl methyl sites for hydroxylation is 3. The molecule has 0 spiro atoms. The van der Waals surface area contributed by atoms with Gasteiger partial charge in [-0.25, -0.2) is 14.3 Å². The van der Waals surface area contributed by atoms with Crippen LogP contribution < -0.4 is 15.3 Å². The van der Waals surface area contributed by atoms with E-state index in [0.29, 0.717) is 21.9 Å². The van der Waals surface area contributed by atoms with Crippen molar-refractivity contribution in [2.75, 3.05) is 13.0 Å². The normalized spacial score (nSPS) is 10.7. The summed E-state index contributed by atoms with van der Waals surface area (Å²) in [5, 5.41) is 0.557. The predicted octanol–water partition coefficient (Wildman–Crippen LogP) is 1.87. The quantitative estimate of drug-likeness (QED) is 0.502. The van der Waals surface area contributed by atoms with Crippen molar-refractivity contribution in [3.63, 3.8) is 0 Å². The summed E-state index contributed by atoms with van der Waals surface area (Å²) in [5.74, 6) is 6.04. The number of nitrogens with two attached hydrogens (primary N) is 1. The highest BCUT2D eigenvalue weighted by molar-refractivity contribution is 7.85. The minimum absolute atomic E-state index is 0.0851. The Morgan fingerprint density at radius 1 is 1.13 bits per heavy atom. The van der Waals surface area contributed by atoms with Crippen molar-refractivity contribution in [2.45, 2.75) is 25.7 Å². The van der Waals surface area contributed by atoms with Gasteiger partial charge in [-0.15, -0.1) is 0 Å². The number of nitrogens with zero attached hydrogens (tertiary/aromatic N) is 1. The molecule has 23 heavy (non-hydrogen) atoms. The van der Waals surface area contributed by atoms with E-state index < -0.39 is 10.1 Å². The summed E-state index contributed by atoms with van der Waals surface area (Å²) >= 11 is 5.65. The second kappa shape index (κ2) is 7.63. The first-order chi connectivity index (χ1) is 10.5. The maximum atomic E-state index is 10.8. The number of rotatable bonds is 2. The summed E-state index contributed by atoms with van der Waals surface area (Å²) in [6, 6.07) is 5.07. The monoisotopic (exact) mass is 358 g/mol. The van der Waals surface area contributed by atoms with E-state index in [1.807, 2.05) is 6.92 Å². The van der Waals surface area contributed by atoms with Gasteiger partial charge in [-0.3, -0.25) is 0 Å². The van der Waals surface area contributed by atoms with Gasteiger partial charge in [-0.1, -0.05) is 34.0 Å². The van der Waals surface area contributed by atoms with Crippen LogP contribution in [-0.4, -0.2) is 20.1 Å². The van der Waals surface area contributed by atoms with Gasteiger partial charge in [-0.05, 0) is 31.9 Å². The van der Waals surface area contributed by atoms with Gasteiger partial charge in [-0.2, -0.15) is 0 Å². The first kappa shape index (κ1) is 19.2. The summed E-state index contributed by atoms with van der Waals surface area (Å²) in [6.45, 7) is 5.12. The average Bonchev–Trinajstić information content (AvgIpc) is 2.35. The van der Waals surface area contributed by atoms with Gasteiger partial charge < -0.3 is 9.29 Å². The van der Waals surface area contributed by atoms with E-state index in [1.54, 1.807) is 51.6 Å². The van der Waals surface area contributed by atoms with Gasteiger partial charge in [0.15, 0.2) is 5.75 Å². The Morgan fingerprint density at radius 3 is 2.04 bits per heavy atom. The number of pyridine rings is 1. The minimum Gasteiger partial charge on any atom is -0.744 e. The largest absolute Gasteiger partial charge is 0.744 e. The topological polar surface area (TPSA) is 96.3 Å². The van der Waals surface area contributed by atoms with Crippen LogP contribution in [-0.2, 0) is 10.1 Å². The van der Waals surface area contributed by atoms with Crippen LogP contribution in [0.15, 0.2) is 35.5 Å². The molecule has 0 aliphatic rings. The third-order valence-corrected chi connectivity index (χ3v) is 4.27. The van der Waals surface area contributed by atoms with E-state index >= 15 is 0 Å². The Hall–Kier alpha value is -1.83. The molecule has 6 nitrogen and oxygen atoms in total. The summed E-state index contributed by atoms with van der Waals surface area (Å²) < 4.78 is 38.7. The Morgan fingerprint density at radius 2 is 1.65 bits per heavy atom. The van der Waals surface area contributed by atoms with Crippen LogP contribution in [0.5, 0.6) is 5.75 Å². The first-order valence-corrected chi connectivity index (χ1v) is 8.38. The van der Waals surface area contributed by atoms with Gasteiger partial charge in [0, 0.05) is 6.07 Å². The molecule has 2 rings (SSSR count). The Bertz CT molecular complexity index is 764. The number of halogens is 1. The van der Waals surface area contributed by atoms with Crippen LogP contribution >= 0.6 is 11.6 Å². The zero-order valence-corrected chi connectivity index (χ0v) is 14.9. The molecule has 0 fully saturated rings. The molecule has 2 aromatic rings. The fourth-order valence-corrected chi connectivity index (χ4v) is 3.34. The Kier molecular flexibility index (Phi) is 6.37. The number of aromatic nitrogens is 1. The molecular weight excluding hydrogens is 340 g/mol. The van der Waals surface area contributed by atoms with Crippen molar-refractivity contribution in [1.29, 1.82) is 0 Å². The lowest BCUT2D eigenvalue weighted by Crippen LogP contribution is -2.43. The van der Waals surface area contributed by atoms with Crippen molar-refractivity contribution >= 4 is 21.7 Å². The molecule has 1 heterocycles. The summed E-state index contributed by atoms with van der Waals surface area (Å²) in [5.41, 5.74) is 2.00. The van der Waals surface area contributed by atoms with Crippen molar-refractivity contribution in [3.05, 3.63) is 52.3 Å². The molecule has 0 aliphatic carbocycles. The second-order valence-electron chi connectivity index (χ2n) is 5.02. The van der Waals surface area contributed by atoms with E-state index in [9.17, 15) is 13.0 Å². The van der Waals surface area contributed by atoms with Gasteiger partial charge >= 0.3 is 0 Å². The Labute approximate surface area is 141 Å². The summed E-state index contributed by atoms with van der Waals surface area (Å²) in [7, 11) is -2.77. The van der Waals surface area contributed by atoms with Crippen LogP contribution in [0.1, 0.15) is 16.7 Å². The molecule has 2 N–H and O–H groups in total. The fourth-order valence-electron chi connectivity index (χ4n) is 2.21. The zero-order valence-electron chi connectivity index (χ0n) is 13.3. The lowest BCUT2D eigenvalue weighted by molar-refractivity contribution is -0.639. The third kappa shape index (κ3) is 5.70. The molecular formula is C15H19ClN2O4S. The maximum Gasteiger partial charge on any atom is 0.240 e. The molecule has 126 valence electrons.